The van der Waals surface area contributed by atoms with E-state index in [1.807, 2.05) is 27.7 Å². The molecule has 31 heavy (non-hydrogen) atoms. The summed E-state index contributed by atoms with van der Waals surface area (Å²) in [6, 6.07) is 6.02. The molecule has 2 aliphatic rings. The van der Waals surface area contributed by atoms with Crippen molar-refractivity contribution in [3.63, 3.8) is 0 Å². The first-order chi connectivity index (χ1) is 14.6. The first-order valence-corrected chi connectivity index (χ1v) is 10.5. The molecule has 2 aromatic rings. The van der Waals surface area contributed by atoms with E-state index in [-0.39, 0.29) is 52.2 Å². The molecule has 0 radical (unpaired) electrons. The predicted octanol–water partition coefficient (Wildman–Crippen LogP) is 5.20. The molecule has 0 fully saturated rings. The molecule has 2 heterocycles. The number of phenolic OH excluding ortho intramolecular Hbond substituents is 3. The SMILES string of the molecule is CC(C)=CCC1Cc2c(cc3c(c2O)C(=O)CC(c2c(O)cccc2O)O3)OC1(C)C. The Bertz CT molecular complexity index is 1060. The van der Waals surface area contributed by atoms with Gasteiger partial charge in [0.15, 0.2) is 5.78 Å². The number of ketones is 1. The second-order valence-corrected chi connectivity index (χ2v) is 9.14. The third-order valence-corrected chi connectivity index (χ3v) is 6.25. The Labute approximate surface area is 181 Å². The normalized spacial score (nSPS) is 21.4. The summed E-state index contributed by atoms with van der Waals surface area (Å²) in [5.41, 5.74) is 1.66. The second-order valence-electron chi connectivity index (χ2n) is 9.14. The van der Waals surface area contributed by atoms with E-state index in [2.05, 4.69) is 6.08 Å². The third kappa shape index (κ3) is 3.71. The van der Waals surface area contributed by atoms with Crippen molar-refractivity contribution in [2.24, 2.45) is 5.92 Å². The van der Waals surface area contributed by atoms with Crippen molar-refractivity contribution >= 4 is 5.78 Å². The van der Waals surface area contributed by atoms with Crippen LogP contribution < -0.4 is 9.47 Å². The molecule has 6 heteroatoms. The van der Waals surface area contributed by atoms with Crippen LogP contribution in [-0.2, 0) is 6.42 Å². The van der Waals surface area contributed by atoms with Crippen LogP contribution >= 0.6 is 0 Å². The van der Waals surface area contributed by atoms with Gasteiger partial charge in [0.25, 0.3) is 0 Å². The minimum Gasteiger partial charge on any atom is -0.507 e. The number of fused-ring (bicyclic) bond motifs is 2. The Balaban J connectivity index is 1.74. The minimum absolute atomic E-state index is 0.0992. The van der Waals surface area contributed by atoms with Crippen LogP contribution in [0.4, 0.5) is 0 Å². The monoisotopic (exact) mass is 424 g/mol. The van der Waals surface area contributed by atoms with Crippen molar-refractivity contribution in [3.05, 3.63) is 52.6 Å². The van der Waals surface area contributed by atoms with Crippen LogP contribution in [0.2, 0.25) is 0 Å². The van der Waals surface area contributed by atoms with Gasteiger partial charge >= 0.3 is 0 Å². The number of carbonyl (C=O) groups is 1. The van der Waals surface area contributed by atoms with Gasteiger partial charge in [0, 0.05) is 17.5 Å². The number of carbonyl (C=O) groups excluding carboxylic acids is 1. The summed E-state index contributed by atoms with van der Waals surface area (Å²) in [5, 5.41) is 31.4. The number of phenols is 3. The van der Waals surface area contributed by atoms with E-state index < -0.39 is 11.7 Å². The number of Topliss-reactive ketones (excluding diaryl/α,β-unsaturated/α-hetero) is 1. The number of rotatable bonds is 3. The van der Waals surface area contributed by atoms with Crippen LogP contribution in [0, 0.1) is 5.92 Å². The first kappa shape index (κ1) is 21.1. The van der Waals surface area contributed by atoms with Gasteiger partial charge in [-0.1, -0.05) is 17.7 Å². The maximum absolute atomic E-state index is 13.0. The van der Waals surface area contributed by atoms with E-state index in [9.17, 15) is 20.1 Å². The molecule has 6 nitrogen and oxygen atoms in total. The maximum Gasteiger partial charge on any atom is 0.174 e. The molecular weight excluding hydrogens is 396 g/mol. The smallest absolute Gasteiger partial charge is 0.174 e. The fourth-order valence-electron chi connectivity index (χ4n) is 4.41. The van der Waals surface area contributed by atoms with Crippen LogP contribution in [0.25, 0.3) is 0 Å². The van der Waals surface area contributed by atoms with E-state index >= 15 is 0 Å². The number of benzene rings is 2. The number of hydrogen-bond donors (Lipinski definition) is 3. The second kappa shape index (κ2) is 7.52. The van der Waals surface area contributed by atoms with Gasteiger partial charge in [0.2, 0.25) is 0 Å². The molecular formula is C25H28O6. The van der Waals surface area contributed by atoms with Crippen molar-refractivity contribution in [1.29, 1.82) is 0 Å². The van der Waals surface area contributed by atoms with Crippen LogP contribution in [0.5, 0.6) is 28.7 Å². The summed E-state index contributed by atoms with van der Waals surface area (Å²) in [5.74, 6) is 0.119. The Hall–Kier alpha value is -3.15. The van der Waals surface area contributed by atoms with Gasteiger partial charge in [-0.25, -0.2) is 0 Å². The van der Waals surface area contributed by atoms with Gasteiger partial charge < -0.3 is 24.8 Å². The standard InChI is InChI=1S/C25H28O6/c1-13(2)8-9-14-10-15-19(31-25(14,3)4)12-21-23(24(15)29)18(28)11-20(30-21)22-16(26)6-5-7-17(22)27/h5-8,12,14,20,26-27,29H,9-11H2,1-4H3. The van der Waals surface area contributed by atoms with Gasteiger partial charge in [-0.15, -0.1) is 0 Å². The van der Waals surface area contributed by atoms with Gasteiger partial charge in [-0.3, -0.25) is 4.79 Å². The summed E-state index contributed by atoms with van der Waals surface area (Å²) in [6.45, 7) is 8.13. The molecule has 4 rings (SSSR count). The zero-order valence-corrected chi connectivity index (χ0v) is 18.2. The van der Waals surface area contributed by atoms with E-state index in [1.165, 1.54) is 23.8 Å². The Kier molecular flexibility index (Phi) is 5.12. The molecule has 3 N–H and O–H groups in total. The zero-order valence-electron chi connectivity index (χ0n) is 18.2. The average Bonchev–Trinajstić information content (AvgIpc) is 2.65. The fourth-order valence-corrected chi connectivity index (χ4v) is 4.41. The Morgan fingerprint density at radius 1 is 1.13 bits per heavy atom. The summed E-state index contributed by atoms with van der Waals surface area (Å²) in [4.78, 5) is 13.0. The summed E-state index contributed by atoms with van der Waals surface area (Å²) in [7, 11) is 0. The maximum atomic E-state index is 13.0. The van der Waals surface area contributed by atoms with Crippen molar-refractivity contribution < 1.29 is 29.6 Å². The molecule has 0 aliphatic carbocycles. The predicted molar refractivity (Wildman–Crippen MR) is 116 cm³/mol. The Morgan fingerprint density at radius 3 is 2.45 bits per heavy atom. The van der Waals surface area contributed by atoms with Gasteiger partial charge in [0.05, 0.1) is 12.0 Å². The lowest BCUT2D eigenvalue weighted by Crippen LogP contribution is -2.42. The van der Waals surface area contributed by atoms with Gasteiger partial charge in [0.1, 0.15) is 46.0 Å². The van der Waals surface area contributed by atoms with Gasteiger partial charge in [-0.2, -0.15) is 0 Å². The van der Waals surface area contributed by atoms with E-state index in [1.54, 1.807) is 6.07 Å². The van der Waals surface area contributed by atoms with Crippen LogP contribution in [0.1, 0.15) is 68.1 Å². The molecule has 0 spiro atoms. The topological polar surface area (TPSA) is 96.2 Å². The highest BCUT2D eigenvalue weighted by atomic mass is 16.5. The molecule has 2 aliphatic heterocycles. The van der Waals surface area contributed by atoms with Crippen LogP contribution in [-0.4, -0.2) is 26.7 Å². The molecule has 0 bridgehead atoms. The van der Waals surface area contributed by atoms with E-state index in [0.717, 1.165) is 6.42 Å². The number of aromatic hydroxyl groups is 3. The first-order valence-electron chi connectivity index (χ1n) is 10.5. The Morgan fingerprint density at radius 2 is 1.81 bits per heavy atom. The summed E-state index contributed by atoms with van der Waals surface area (Å²) in [6.07, 6.45) is 2.60. The summed E-state index contributed by atoms with van der Waals surface area (Å²) >= 11 is 0. The lowest BCUT2D eigenvalue weighted by molar-refractivity contribution is 0.0264. The van der Waals surface area contributed by atoms with Crippen molar-refractivity contribution in [2.45, 2.75) is 58.7 Å². The number of ether oxygens (including phenoxy) is 2. The largest absolute Gasteiger partial charge is 0.507 e. The minimum atomic E-state index is -0.860. The van der Waals surface area contributed by atoms with E-state index in [4.69, 9.17) is 9.47 Å². The highest BCUT2D eigenvalue weighted by Crippen LogP contribution is 2.51. The molecule has 164 valence electrons. The number of hydrogen-bond acceptors (Lipinski definition) is 6. The highest BCUT2D eigenvalue weighted by Gasteiger charge is 2.41. The quantitative estimate of drug-likeness (QED) is 0.587. The zero-order chi connectivity index (χ0) is 22.5. The fraction of sp³-hybridized carbons (Fsp3) is 0.400. The average molecular weight is 424 g/mol. The number of allylic oxidation sites excluding steroid dienone is 2. The molecule has 2 aromatic carbocycles. The van der Waals surface area contributed by atoms with Crippen LogP contribution in [0.3, 0.4) is 0 Å². The molecule has 0 saturated heterocycles. The van der Waals surface area contributed by atoms with E-state index in [0.29, 0.717) is 17.7 Å². The molecule has 2 unspecified atom stereocenters. The molecule has 2 atom stereocenters. The van der Waals surface area contributed by atoms with Crippen LogP contribution in [0.15, 0.2) is 35.9 Å². The lowest BCUT2D eigenvalue weighted by atomic mass is 9.79. The van der Waals surface area contributed by atoms with Crippen molar-refractivity contribution in [2.75, 3.05) is 0 Å². The summed E-state index contributed by atoms with van der Waals surface area (Å²) < 4.78 is 12.2. The third-order valence-electron chi connectivity index (χ3n) is 6.25. The van der Waals surface area contributed by atoms with Crippen molar-refractivity contribution in [1.82, 2.24) is 0 Å². The lowest BCUT2D eigenvalue weighted by Gasteiger charge is -2.41. The molecule has 0 saturated carbocycles. The molecule has 0 amide bonds. The highest BCUT2D eigenvalue weighted by molar-refractivity contribution is 6.03. The molecule has 0 aromatic heterocycles. The van der Waals surface area contributed by atoms with Crippen molar-refractivity contribution in [3.8, 4) is 28.7 Å². The van der Waals surface area contributed by atoms with Gasteiger partial charge in [-0.05, 0) is 52.7 Å².